The molecule has 106 valence electrons. The van der Waals surface area contributed by atoms with Gasteiger partial charge in [0.25, 0.3) is 5.91 Å². The zero-order valence-corrected chi connectivity index (χ0v) is 11.6. The van der Waals surface area contributed by atoms with Crippen molar-refractivity contribution in [3.8, 4) is 0 Å². The Kier molecular flexibility index (Phi) is 4.57. The maximum absolute atomic E-state index is 11.9. The lowest BCUT2D eigenvalue weighted by atomic mass is 10.0. The monoisotopic (exact) mass is 274 g/mol. The number of hydrogen-bond acceptors (Lipinski definition) is 5. The van der Waals surface area contributed by atoms with Crippen molar-refractivity contribution in [1.82, 2.24) is 20.5 Å². The molecule has 2 aromatic rings. The zero-order chi connectivity index (χ0) is 14.5. The highest BCUT2D eigenvalue weighted by Crippen LogP contribution is 2.08. The maximum atomic E-state index is 11.9. The van der Waals surface area contributed by atoms with Gasteiger partial charge in [-0.3, -0.25) is 4.79 Å². The van der Waals surface area contributed by atoms with Crippen molar-refractivity contribution >= 4 is 16.9 Å². The van der Waals surface area contributed by atoms with Crippen molar-refractivity contribution in [1.29, 1.82) is 0 Å². The first-order chi connectivity index (χ1) is 9.61. The summed E-state index contributed by atoms with van der Waals surface area (Å²) in [6.07, 6.45) is 0.280. The number of para-hydroxylation sites is 1. The molecular formula is C14H18N4O2. The summed E-state index contributed by atoms with van der Waals surface area (Å²) in [6, 6.07) is 7.21. The number of rotatable bonds is 5. The van der Waals surface area contributed by atoms with Gasteiger partial charge in [0, 0.05) is 6.54 Å². The fourth-order valence-corrected chi connectivity index (χ4v) is 1.73. The lowest BCUT2D eigenvalue weighted by molar-refractivity contribution is 0.0841. The molecule has 0 aliphatic rings. The number of fused-ring (bicyclic) bond motifs is 1. The van der Waals surface area contributed by atoms with Crippen molar-refractivity contribution in [3.05, 3.63) is 30.1 Å². The van der Waals surface area contributed by atoms with Crippen LogP contribution >= 0.6 is 0 Å². The van der Waals surface area contributed by atoms with Crippen molar-refractivity contribution < 1.29 is 9.90 Å². The van der Waals surface area contributed by atoms with Gasteiger partial charge in [-0.25, -0.2) is 4.98 Å². The summed E-state index contributed by atoms with van der Waals surface area (Å²) in [5.41, 5.74) is 1.26. The Morgan fingerprint density at radius 1 is 1.30 bits per heavy atom. The predicted molar refractivity (Wildman–Crippen MR) is 75.1 cm³/mol. The van der Waals surface area contributed by atoms with E-state index in [1.165, 1.54) is 0 Å². The van der Waals surface area contributed by atoms with Crippen LogP contribution in [0.4, 0.5) is 0 Å². The number of aliphatic hydroxyl groups is 1. The van der Waals surface area contributed by atoms with Gasteiger partial charge in [-0.15, -0.1) is 10.2 Å². The molecule has 1 aromatic carbocycles. The number of aliphatic hydroxyl groups excluding tert-OH is 1. The second-order valence-electron chi connectivity index (χ2n) is 4.79. The predicted octanol–water partition coefficient (Wildman–Crippen LogP) is 1.16. The van der Waals surface area contributed by atoms with E-state index in [9.17, 15) is 9.90 Å². The number of carbonyl (C=O) groups excluding carboxylic acids is 1. The van der Waals surface area contributed by atoms with E-state index >= 15 is 0 Å². The molecule has 6 nitrogen and oxygen atoms in total. The van der Waals surface area contributed by atoms with E-state index in [0.29, 0.717) is 11.0 Å². The molecule has 0 spiro atoms. The summed E-state index contributed by atoms with van der Waals surface area (Å²) in [5.74, 6) is -0.281. The first-order valence-electron chi connectivity index (χ1n) is 6.67. The second kappa shape index (κ2) is 6.38. The van der Waals surface area contributed by atoms with Crippen molar-refractivity contribution in [3.63, 3.8) is 0 Å². The van der Waals surface area contributed by atoms with Gasteiger partial charge in [0.1, 0.15) is 5.52 Å². The van der Waals surface area contributed by atoms with Gasteiger partial charge in [-0.2, -0.15) is 0 Å². The summed E-state index contributed by atoms with van der Waals surface area (Å²) in [7, 11) is 0. The van der Waals surface area contributed by atoms with Gasteiger partial charge in [-0.1, -0.05) is 32.4 Å². The van der Waals surface area contributed by atoms with Crippen molar-refractivity contribution in [2.45, 2.75) is 26.4 Å². The molecule has 0 saturated heterocycles. The van der Waals surface area contributed by atoms with Gasteiger partial charge < -0.3 is 10.4 Å². The summed E-state index contributed by atoms with van der Waals surface area (Å²) < 4.78 is 0. The molecule has 0 aliphatic carbocycles. The molecule has 1 amide bonds. The first-order valence-corrected chi connectivity index (χ1v) is 6.67. The highest BCUT2D eigenvalue weighted by molar-refractivity contribution is 5.91. The molecule has 0 bridgehead atoms. The van der Waals surface area contributed by atoms with Crippen LogP contribution in [-0.4, -0.2) is 38.8 Å². The first kappa shape index (κ1) is 14.3. The summed E-state index contributed by atoms with van der Waals surface area (Å²) in [6.45, 7) is 4.11. The minimum absolute atomic E-state index is 0.0139. The minimum atomic E-state index is -0.572. The second-order valence-corrected chi connectivity index (χ2v) is 4.79. The van der Waals surface area contributed by atoms with Crippen LogP contribution in [-0.2, 0) is 0 Å². The van der Waals surface area contributed by atoms with E-state index in [1.807, 2.05) is 26.0 Å². The van der Waals surface area contributed by atoms with E-state index in [2.05, 4.69) is 20.5 Å². The van der Waals surface area contributed by atoms with Crippen LogP contribution in [0.1, 0.15) is 30.9 Å². The number of nitrogens with one attached hydrogen (secondary N) is 1. The number of aromatic nitrogens is 3. The molecule has 2 N–H and O–H groups in total. The van der Waals surface area contributed by atoms with Gasteiger partial charge in [0.05, 0.1) is 11.6 Å². The van der Waals surface area contributed by atoms with E-state index in [-0.39, 0.29) is 18.3 Å². The van der Waals surface area contributed by atoms with Gasteiger partial charge >= 0.3 is 0 Å². The number of benzene rings is 1. The molecule has 0 aliphatic heterocycles. The number of hydrogen-bond donors (Lipinski definition) is 2. The molecule has 0 saturated carbocycles. The Balaban J connectivity index is 2.04. The van der Waals surface area contributed by atoms with Crippen molar-refractivity contribution in [2.75, 3.05) is 6.54 Å². The fraction of sp³-hybridized carbons (Fsp3) is 0.429. The smallest absolute Gasteiger partial charge is 0.291 e. The number of amides is 1. The van der Waals surface area contributed by atoms with Gasteiger partial charge in [0.15, 0.2) is 0 Å². The Labute approximate surface area is 117 Å². The molecule has 1 aromatic heterocycles. The molecule has 0 radical (unpaired) electrons. The third-order valence-electron chi connectivity index (χ3n) is 3.34. The largest absolute Gasteiger partial charge is 0.391 e. The highest BCUT2D eigenvalue weighted by atomic mass is 16.3. The normalized spacial score (nSPS) is 13.9. The molecular weight excluding hydrogens is 256 g/mol. The summed E-state index contributed by atoms with van der Waals surface area (Å²) in [5, 5.41) is 20.2. The molecule has 20 heavy (non-hydrogen) atoms. The SMILES string of the molecule is CC[C@H](C)[C@@H](O)CNC(=O)c1nnc2ccccc2n1. The standard InChI is InChI=1S/C14H18N4O2/c1-3-9(2)12(19)8-15-14(20)13-16-10-6-4-5-7-11(10)17-18-13/h4-7,9,12,19H,3,8H2,1-2H3,(H,15,20)/t9-,12-/m0/s1. The van der Waals surface area contributed by atoms with E-state index in [1.54, 1.807) is 12.1 Å². The van der Waals surface area contributed by atoms with Crippen LogP contribution in [0.5, 0.6) is 0 Å². The van der Waals surface area contributed by atoms with Crippen LogP contribution < -0.4 is 5.32 Å². The lowest BCUT2D eigenvalue weighted by Gasteiger charge is -2.17. The summed E-state index contributed by atoms with van der Waals surface area (Å²) in [4.78, 5) is 16.1. The Bertz CT molecular complexity index is 602. The Morgan fingerprint density at radius 3 is 2.70 bits per heavy atom. The minimum Gasteiger partial charge on any atom is -0.391 e. The topological polar surface area (TPSA) is 88.0 Å². The van der Waals surface area contributed by atoms with Crippen LogP contribution in [0.2, 0.25) is 0 Å². The molecule has 0 fully saturated rings. The van der Waals surface area contributed by atoms with E-state index < -0.39 is 12.0 Å². The number of carbonyl (C=O) groups is 1. The summed E-state index contributed by atoms with van der Waals surface area (Å²) >= 11 is 0. The number of nitrogens with zero attached hydrogens (tertiary/aromatic N) is 3. The quantitative estimate of drug-likeness (QED) is 0.854. The van der Waals surface area contributed by atoms with E-state index in [0.717, 1.165) is 6.42 Å². The molecule has 2 rings (SSSR count). The van der Waals surface area contributed by atoms with Crippen LogP contribution in [0.3, 0.4) is 0 Å². The third-order valence-corrected chi connectivity index (χ3v) is 3.34. The van der Waals surface area contributed by atoms with E-state index in [4.69, 9.17) is 0 Å². The van der Waals surface area contributed by atoms with Gasteiger partial charge in [0.2, 0.25) is 5.82 Å². The Morgan fingerprint density at radius 2 is 2.00 bits per heavy atom. The molecule has 0 unspecified atom stereocenters. The Hall–Kier alpha value is -2.08. The molecule has 2 atom stereocenters. The zero-order valence-electron chi connectivity index (χ0n) is 11.6. The average molecular weight is 274 g/mol. The van der Waals surface area contributed by atoms with Crippen molar-refractivity contribution in [2.24, 2.45) is 5.92 Å². The van der Waals surface area contributed by atoms with Crippen LogP contribution in [0.15, 0.2) is 24.3 Å². The highest BCUT2D eigenvalue weighted by Gasteiger charge is 2.16. The fourth-order valence-electron chi connectivity index (χ4n) is 1.73. The lowest BCUT2D eigenvalue weighted by Crippen LogP contribution is -2.36. The molecule has 6 heteroatoms. The third kappa shape index (κ3) is 3.27. The van der Waals surface area contributed by atoms with Crippen LogP contribution in [0, 0.1) is 5.92 Å². The average Bonchev–Trinajstić information content (AvgIpc) is 2.50. The maximum Gasteiger partial charge on any atom is 0.291 e. The molecule has 1 heterocycles. The van der Waals surface area contributed by atoms with Gasteiger partial charge in [-0.05, 0) is 18.1 Å². The van der Waals surface area contributed by atoms with Crippen LogP contribution in [0.25, 0.3) is 11.0 Å².